The summed E-state index contributed by atoms with van der Waals surface area (Å²) in [6, 6.07) is 0. The molecule has 2 atom stereocenters. The van der Waals surface area contributed by atoms with Crippen LogP contribution in [0.3, 0.4) is 0 Å². The molecule has 0 aromatic heterocycles. The quantitative estimate of drug-likeness (QED) is 0.672. The molecule has 3 N–H and O–H groups in total. The summed E-state index contributed by atoms with van der Waals surface area (Å²) < 4.78 is 5.24. The molecule has 1 rings (SSSR count). The van der Waals surface area contributed by atoms with E-state index in [1.807, 2.05) is 6.92 Å². The fraction of sp³-hybridized carbons (Fsp3) is 1.00. The molecule has 3 nitrogen and oxygen atoms in total. The predicted octanol–water partition coefficient (Wildman–Crippen LogP) is 0.901. The van der Waals surface area contributed by atoms with Gasteiger partial charge in [-0.05, 0) is 19.3 Å². The van der Waals surface area contributed by atoms with Crippen LogP contribution in [0.25, 0.3) is 0 Å². The van der Waals surface area contributed by atoms with Crippen LogP contribution in [0.2, 0.25) is 0 Å². The maximum absolute atomic E-state index is 10.1. The van der Waals surface area contributed by atoms with Gasteiger partial charge in [-0.15, -0.1) is 0 Å². The van der Waals surface area contributed by atoms with Crippen molar-refractivity contribution >= 4 is 0 Å². The second kappa shape index (κ2) is 4.40. The maximum atomic E-state index is 10.1. The minimum absolute atomic E-state index is 0.0450. The van der Waals surface area contributed by atoms with E-state index in [4.69, 9.17) is 10.5 Å². The molecule has 0 heterocycles. The van der Waals surface area contributed by atoms with E-state index >= 15 is 0 Å². The Labute approximate surface area is 80.3 Å². The molecule has 0 amide bonds. The van der Waals surface area contributed by atoms with Gasteiger partial charge >= 0.3 is 0 Å². The number of nitrogens with two attached hydrogens (primary N) is 1. The molecule has 0 saturated heterocycles. The van der Waals surface area contributed by atoms with E-state index in [-0.39, 0.29) is 17.6 Å². The van der Waals surface area contributed by atoms with Crippen molar-refractivity contribution in [1.29, 1.82) is 0 Å². The first-order valence-electron chi connectivity index (χ1n) is 5.11. The summed E-state index contributed by atoms with van der Waals surface area (Å²) in [4.78, 5) is 0. The van der Waals surface area contributed by atoms with Crippen molar-refractivity contribution in [2.75, 3.05) is 13.7 Å². The standard InChI is InChI=1S/C10H21NO2/c1-3-8(13-2)9(12)10(7-11)5-4-6-10/h8-9,12H,3-7,11H2,1-2H3. The zero-order chi connectivity index (χ0) is 9.90. The Balaban J connectivity index is 2.57. The Morgan fingerprint density at radius 2 is 2.15 bits per heavy atom. The third kappa shape index (κ3) is 1.87. The number of aliphatic hydroxyl groups is 1. The highest BCUT2D eigenvalue weighted by Crippen LogP contribution is 2.44. The fourth-order valence-electron chi connectivity index (χ4n) is 2.16. The van der Waals surface area contributed by atoms with Gasteiger partial charge in [-0.3, -0.25) is 0 Å². The smallest absolute Gasteiger partial charge is 0.0869 e. The lowest BCUT2D eigenvalue weighted by atomic mass is 9.63. The zero-order valence-corrected chi connectivity index (χ0v) is 8.62. The molecule has 1 aliphatic carbocycles. The third-order valence-electron chi connectivity index (χ3n) is 3.44. The van der Waals surface area contributed by atoms with Crippen LogP contribution in [0.5, 0.6) is 0 Å². The minimum Gasteiger partial charge on any atom is -0.390 e. The van der Waals surface area contributed by atoms with Gasteiger partial charge in [-0.2, -0.15) is 0 Å². The van der Waals surface area contributed by atoms with Gasteiger partial charge in [0.1, 0.15) is 0 Å². The summed E-state index contributed by atoms with van der Waals surface area (Å²) in [5, 5.41) is 10.1. The van der Waals surface area contributed by atoms with Crippen LogP contribution in [-0.2, 0) is 4.74 Å². The van der Waals surface area contributed by atoms with Crippen LogP contribution in [0.15, 0.2) is 0 Å². The molecule has 13 heavy (non-hydrogen) atoms. The summed E-state index contributed by atoms with van der Waals surface area (Å²) in [5.74, 6) is 0. The molecule has 0 spiro atoms. The van der Waals surface area contributed by atoms with Gasteiger partial charge in [0.15, 0.2) is 0 Å². The van der Waals surface area contributed by atoms with Gasteiger partial charge in [-0.25, -0.2) is 0 Å². The van der Waals surface area contributed by atoms with Crippen molar-refractivity contribution in [2.24, 2.45) is 11.1 Å². The summed E-state index contributed by atoms with van der Waals surface area (Å²) in [6.07, 6.45) is 3.69. The van der Waals surface area contributed by atoms with Crippen molar-refractivity contribution in [2.45, 2.75) is 44.8 Å². The molecule has 0 bridgehead atoms. The van der Waals surface area contributed by atoms with Gasteiger partial charge in [0.05, 0.1) is 12.2 Å². The maximum Gasteiger partial charge on any atom is 0.0869 e. The molecule has 1 saturated carbocycles. The predicted molar refractivity (Wildman–Crippen MR) is 52.4 cm³/mol. The van der Waals surface area contributed by atoms with Gasteiger partial charge in [0.2, 0.25) is 0 Å². The van der Waals surface area contributed by atoms with Crippen LogP contribution in [0.4, 0.5) is 0 Å². The van der Waals surface area contributed by atoms with E-state index in [1.165, 1.54) is 6.42 Å². The van der Waals surface area contributed by atoms with Gasteiger partial charge in [0.25, 0.3) is 0 Å². The molecule has 0 radical (unpaired) electrons. The first kappa shape index (κ1) is 11.0. The van der Waals surface area contributed by atoms with Crippen molar-refractivity contribution in [1.82, 2.24) is 0 Å². The van der Waals surface area contributed by atoms with Crippen molar-refractivity contribution in [3.63, 3.8) is 0 Å². The van der Waals surface area contributed by atoms with E-state index in [9.17, 15) is 5.11 Å². The Hall–Kier alpha value is -0.120. The largest absolute Gasteiger partial charge is 0.390 e. The summed E-state index contributed by atoms with van der Waals surface area (Å²) in [5.41, 5.74) is 5.66. The van der Waals surface area contributed by atoms with Gasteiger partial charge < -0.3 is 15.6 Å². The highest BCUT2D eigenvalue weighted by atomic mass is 16.5. The summed E-state index contributed by atoms with van der Waals surface area (Å²) in [7, 11) is 1.65. The molecule has 1 aliphatic rings. The monoisotopic (exact) mass is 187 g/mol. The van der Waals surface area contributed by atoms with Crippen LogP contribution < -0.4 is 5.73 Å². The highest BCUT2D eigenvalue weighted by molar-refractivity contribution is 4.97. The number of aliphatic hydroxyl groups excluding tert-OH is 1. The van der Waals surface area contributed by atoms with E-state index in [2.05, 4.69) is 0 Å². The average Bonchev–Trinajstić information content (AvgIpc) is 2.05. The normalized spacial score (nSPS) is 24.9. The number of methoxy groups -OCH3 is 1. The van der Waals surface area contributed by atoms with Crippen molar-refractivity contribution in [3.8, 4) is 0 Å². The molecule has 2 unspecified atom stereocenters. The van der Waals surface area contributed by atoms with E-state index in [1.54, 1.807) is 7.11 Å². The SMILES string of the molecule is CCC(OC)C(O)C1(CN)CCC1. The van der Waals surface area contributed by atoms with Gasteiger partial charge in [-0.1, -0.05) is 13.3 Å². The fourth-order valence-corrected chi connectivity index (χ4v) is 2.16. The number of hydrogen-bond donors (Lipinski definition) is 2. The number of hydrogen-bond acceptors (Lipinski definition) is 3. The Bertz CT molecular complexity index is 147. The summed E-state index contributed by atoms with van der Waals surface area (Å²) >= 11 is 0. The van der Waals surface area contributed by atoms with Crippen LogP contribution in [0.1, 0.15) is 32.6 Å². The number of ether oxygens (including phenoxy) is 1. The highest BCUT2D eigenvalue weighted by Gasteiger charge is 2.45. The van der Waals surface area contributed by atoms with E-state index < -0.39 is 0 Å². The minimum atomic E-state index is -0.388. The average molecular weight is 187 g/mol. The third-order valence-corrected chi connectivity index (χ3v) is 3.44. The summed E-state index contributed by atoms with van der Waals surface area (Å²) in [6.45, 7) is 2.61. The Kier molecular flexibility index (Phi) is 3.71. The lowest BCUT2D eigenvalue weighted by Gasteiger charge is -2.46. The molecule has 0 aromatic rings. The lowest BCUT2D eigenvalue weighted by Crippen LogP contribution is -2.52. The molecule has 78 valence electrons. The van der Waals surface area contributed by atoms with Crippen LogP contribution >= 0.6 is 0 Å². The van der Waals surface area contributed by atoms with Crippen molar-refractivity contribution < 1.29 is 9.84 Å². The molecular formula is C10H21NO2. The van der Waals surface area contributed by atoms with Gasteiger partial charge in [0, 0.05) is 19.1 Å². The molecular weight excluding hydrogens is 166 g/mol. The van der Waals surface area contributed by atoms with E-state index in [0.717, 1.165) is 19.3 Å². The zero-order valence-electron chi connectivity index (χ0n) is 8.62. The van der Waals surface area contributed by atoms with Crippen LogP contribution in [0, 0.1) is 5.41 Å². The number of rotatable bonds is 5. The second-order valence-corrected chi connectivity index (χ2v) is 4.05. The topological polar surface area (TPSA) is 55.5 Å². The molecule has 0 aliphatic heterocycles. The first-order chi connectivity index (χ1) is 6.20. The van der Waals surface area contributed by atoms with Crippen molar-refractivity contribution in [3.05, 3.63) is 0 Å². The molecule has 3 heteroatoms. The molecule has 1 fully saturated rings. The second-order valence-electron chi connectivity index (χ2n) is 4.05. The lowest BCUT2D eigenvalue weighted by molar-refractivity contribution is -0.110. The van der Waals surface area contributed by atoms with E-state index in [0.29, 0.717) is 6.54 Å². The molecule has 0 aromatic carbocycles. The Morgan fingerprint density at radius 3 is 2.38 bits per heavy atom. The Morgan fingerprint density at radius 1 is 1.54 bits per heavy atom. The first-order valence-corrected chi connectivity index (χ1v) is 5.11. The van der Waals surface area contributed by atoms with Crippen LogP contribution in [-0.4, -0.2) is 31.0 Å².